The molecule has 1 aromatic carbocycles. The van der Waals surface area contributed by atoms with Gasteiger partial charge in [-0.05, 0) is 13.3 Å². The average Bonchev–Trinajstić information content (AvgIpc) is 2.39. The van der Waals surface area contributed by atoms with Crippen LogP contribution in [0.3, 0.4) is 0 Å². The second-order valence-electron chi connectivity index (χ2n) is 4.30. The molecule has 2 amide bonds. The number of amides is 2. The van der Waals surface area contributed by atoms with Crippen LogP contribution in [0.5, 0.6) is 0 Å². The Labute approximate surface area is 113 Å². The van der Waals surface area contributed by atoms with E-state index in [-0.39, 0.29) is 24.8 Å². The van der Waals surface area contributed by atoms with Crippen molar-refractivity contribution in [3.63, 3.8) is 0 Å². The second kappa shape index (κ2) is 8.26. The van der Waals surface area contributed by atoms with E-state index in [1.165, 1.54) is 0 Å². The van der Waals surface area contributed by atoms with Gasteiger partial charge in [0.05, 0.1) is 0 Å². The highest BCUT2D eigenvalue weighted by atomic mass is 16.3. The van der Waals surface area contributed by atoms with Gasteiger partial charge in [-0.25, -0.2) is 4.79 Å². The predicted molar refractivity (Wildman–Crippen MR) is 73.2 cm³/mol. The summed E-state index contributed by atoms with van der Waals surface area (Å²) in [5.41, 5.74) is 1.77. The minimum absolute atomic E-state index is 0.00987. The maximum Gasteiger partial charge on any atom is 0.314 e. The van der Waals surface area contributed by atoms with Crippen LogP contribution in [-0.4, -0.2) is 36.6 Å². The molecule has 1 rings (SSSR count). The largest absolute Gasteiger partial charge is 0.396 e. The maximum atomic E-state index is 11.8. The summed E-state index contributed by atoms with van der Waals surface area (Å²) in [5, 5.41) is 13.7. The van der Waals surface area contributed by atoms with Gasteiger partial charge in [-0.2, -0.15) is 0 Å². The average molecular weight is 264 g/mol. The van der Waals surface area contributed by atoms with Crippen LogP contribution >= 0.6 is 0 Å². The topological polar surface area (TPSA) is 78.4 Å². The molecular weight excluding hydrogens is 244 g/mol. The standard InChI is InChI=1S/C14H20N2O3/c1-11-3-5-12(6-4-11)13(18)7-9-16-14(19)15-8-2-10-17/h3-6,17H,2,7-10H2,1H3,(H2,15,16,19). The Hall–Kier alpha value is -1.88. The van der Waals surface area contributed by atoms with Gasteiger partial charge in [-0.1, -0.05) is 29.8 Å². The lowest BCUT2D eigenvalue weighted by Gasteiger charge is -2.06. The molecule has 0 unspecified atom stereocenters. The van der Waals surface area contributed by atoms with Crippen molar-refractivity contribution in [3.05, 3.63) is 35.4 Å². The zero-order chi connectivity index (χ0) is 14.1. The molecular formula is C14H20N2O3. The van der Waals surface area contributed by atoms with Gasteiger partial charge in [0, 0.05) is 31.7 Å². The van der Waals surface area contributed by atoms with Gasteiger partial charge in [-0.15, -0.1) is 0 Å². The van der Waals surface area contributed by atoms with Gasteiger partial charge in [-0.3, -0.25) is 4.79 Å². The van der Waals surface area contributed by atoms with E-state index in [9.17, 15) is 9.59 Å². The van der Waals surface area contributed by atoms with Crippen LogP contribution in [0.1, 0.15) is 28.8 Å². The number of hydrogen-bond acceptors (Lipinski definition) is 3. The monoisotopic (exact) mass is 264 g/mol. The molecule has 0 aliphatic heterocycles. The molecule has 0 aliphatic carbocycles. The van der Waals surface area contributed by atoms with Crippen molar-refractivity contribution in [2.24, 2.45) is 0 Å². The molecule has 0 atom stereocenters. The molecule has 0 aliphatic rings. The fraction of sp³-hybridized carbons (Fsp3) is 0.429. The lowest BCUT2D eigenvalue weighted by atomic mass is 10.1. The number of nitrogens with one attached hydrogen (secondary N) is 2. The predicted octanol–water partition coefficient (Wildman–Crippen LogP) is 1.25. The van der Waals surface area contributed by atoms with E-state index in [0.717, 1.165) is 5.56 Å². The van der Waals surface area contributed by atoms with Crippen molar-refractivity contribution in [1.29, 1.82) is 0 Å². The van der Waals surface area contributed by atoms with Crippen LogP contribution in [0.25, 0.3) is 0 Å². The minimum atomic E-state index is -0.315. The summed E-state index contributed by atoms with van der Waals surface area (Å²) >= 11 is 0. The zero-order valence-corrected chi connectivity index (χ0v) is 11.1. The molecule has 0 saturated heterocycles. The Kier molecular flexibility index (Phi) is 6.60. The maximum absolute atomic E-state index is 11.8. The van der Waals surface area contributed by atoms with Crippen LogP contribution < -0.4 is 10.6 Å². The molecule has 0 spiro atoms. The zero-order valence-electron chi connectivity index (χ0n) is 11.1. The molecule has 5 nitrogen and oxygen atoms in total. The molecule has 5 heteroatoms. The third-order valence-electron chi connectivity index (χ3n) is 2.63. The van der Waals surface area contributed by atoms with Gasteiger partial charge < -0.3 is 15.7 Å². The number of urea groups is 1. The van der Waals surface area contributed by atoms with Crippen molar-refractivity contribution in [1.82, 2.24) is 10.6 Å². The molecule has 0 aromatic heterocycles. The first-order valence-electron chi connectivity index (χ1n) is 6.36. The smallest absolute Gasteiger partial charge is 0.314 e. The third-order valence-corrected chi connectivity index (χ3v) is 2.63. The first-order valence-corrected chi connectivity index (χ1v) is 6.36. The first-order chi connectivity index (χ1) is 9.13. The SMILES string of the molecule is Cc1ccc(C(=O)CCNC(=O)NCCCO)cc1. The number of benzene rings is 1. The summed E-state index contributed by atoms with van der Waals surface area (Å²) in [7, 11) is 0. The number of aliphatic hydroxyl groups excluding tert-OH is 1. The molecule has 3 N–H and O–H groups in total. The van der Waals surface area contributed by atoms with E-state index in [2.05, 4.69) is 10.6 Å². The number of carbonyl (C=O) groups is 2. The van der Waals surface area contributed by atoms with Gasteiger partial charge in [0.2, 0.25) is 0 Å². The van der Waals surface area contributed by atoms with E-state index in [1.54, 1.807) is 12.1 Å². The van der Waals surface area contributed by atoms with Gasteiger partial charge >= 0.3 is 6.03 Å². The van der Waals surface area contributed by atoms with E-state index < -0.39 is 0 Å². The number of ketones is 1. The van der Waals surface area contributed by atoms with Crippen molar-refractivity contribution in [2.45, 2.75) is 19.8 Å². The molecule has 0 fully saturated rings. The second-order valence-corrected chi connectivity index (χ2v) is 4.30. The Morgan fingerprint density at radius 2 is 1.74 bits per heavy atom. The van der Waals surface area contributed by atoms with Crippen LogP contribution in [0, 0.1) is 6.92 Å². The van der Waals surface area contributed by atoms with Crippen molar-refractivity contribution in [2.75, 3.05) is 19.7 Å². The normalized spacial score (nSPS) is 10.0. The Morgan fingerprint density at radius 1 is 1.11 bits per heavy atom. The molecule has 0 bridgehead atoms. The van der Waals surface area contributed by atoms with Crippen LogP contribution in [0.4, 0.5) is 4.79 Å². The molecule has 104 valence electrons. The lowest BCUT2D eigenvalue weighted by molar-refractivity contribution is 0.0983. The van der Waals surface area contributed by atoms with Crippen molar-refractivity contribution < 1.29 is 14.7 Å². The summed E-state index contributed by atoms with van der Waals surface area (Å²) in [6.45, 7) is 2.74. The van der Waals surface area contributed by atoms with Crippen molar-refractivity contribution in [3.8, 4) is 0 Å². The Bertz CT molecular complexity index is 415. The van der Waals surface area contributed by atoms with Gasteiger partial charge in [0.25, 0.3) is 0 Å². The highest BCUT2D eigenvalue weighted by molar-refractivity contribution is 5.96. The van der Waals surface area contributed by atoms with E-state index in [1.807, 2.05) is 19.1 Å². The number of aliphatic hydroxyl groups is 1. The lowest BCUT2D eigenvalue weighted by Crippen LogP contribution is -2.37. The molecule has 0 heterocycles. The van der Waals surface area contributed by atoms with Gasteiger partial charge in [0.1, 0.15) is 0 Å². The van der Waals surface area contributed by atoms with E-state index in [4.69, 9.17) is 5.11 Å². The van der Waals surface area contributed by atoms with Crippen LogP contribution in [-0.2, 0) is 0 Å². The number of carbonyl (C=O) groups excluding carboxylic acids is 2. The summed E-state index contributed by atoms with van der Waals surface area (Å²) in [5.74, 6) is 0.00987. The number of hydrogen-bond donors (Lipinski definition) is 3. The first kappa shape index (κ1) is 15.2. The highest BCUT2D eigenvalue weighted by Gasteiger charge is 2.06. The van der Waals surface area contributed by atoms with Crippen LogP contribution in [0.2, 0.25) is 0 Å². The quantitative estimate of drug-likeness (QED) is 0.512. The molecule has 0 saturated carbocycles. The third kappa shape index (κ3) is 6.01. The Balaban J connectivity index is 2.23. The summed E-state index contributed by atoms with van der Waals surface area (Å²) in [6.07, 6.45) is 0.798. The summed E-state index contributed by atoms with van der Waals surface area (Å²) < 4.78 is 0. The summed E-state index contributed by atoms with van der Waals surface area (Å²) in [4.78, 5) is 23.1. The number of Topliss-reactive ketones (excluding diaryl/α,β-unsaturated/α-hetero) is 1. The molecule has 0 radical (unpaired) electrons. The Morgan fingerprint density at radius 3 is 2.37 bits per heavy atom. The molecule has 1 aromatic rings. The van der Waals surface area contributed by atoms with E-state index in [0.29, 0.717) is 25.1 Å². The summed E-state index contributed by atoms with van der Waals surface area (Å²) in [6, 6.07) is 7.05. The van der Waals surface area contributed by atoms with E-state index >= 15 is 0 Å². The van der Waals surface area contributed by atoms with Gasteiger partial charge in [0.15, 0.2) is 5.78 Å². The fourth-order valence-electron chi connectivity index (χ4n) is 1.52. The van der Waals surface area contributed by atoms with Crippen molar-refractivity contribution >= 4 is 11.8 Å². The minimum Gasteiger partial charge on any atom is -0.396 e. The molecule has 19 heavy (non-hydrogen) atoms. The number of rotatable bonds is 7. The number of aryl methyl sites for hydroxylation is 1. The van der Waals surface area contributed by atoms with Crippen LogP contribution in [0.15, 0.2) is 24.3 Å². The fourth-order valence-corrected chi connectivity index (χ4v) is 1.52. The highest BCUT2D eigenvalue weighted by Crippen LogP contribution is 2.05.